The van der Waals surface area contributed by atoms with Gasteiger partial charge < -0.3 is 0 Å². The zero-order valence-corrected chi connectivity index (χ0v) is 9.70. The van der Waals surface area contributed by atoms with Gasteiger partial charge in [0.2, 0.25) is 0 Å². The summed E-state index contributed by atoms with van der Waals surface area (Å²) in [6.45, 7) is 8.59. The van der Waals surface area contributed by atoms with Gasteiger partial charge in [0.25, 0.3) is 0 Å². The van der Waals surface area contributed by atoms with E-state index in [0.717, 1.165) is 16.6 Å². The number of aromatic nitrogens is 2. The second-order valence-corrected chi connectivity index (χ2v) is 5.02. The number of fused-ring (bicyclic) bond motifs is 1. The third kappa shape index (κ3) is 1.99. The number of nitrogens with zero attached hydrogens (tertiary/aromatic N) is 2. The van der Waals surface area contributed by atoms with E-state index >= 15 is 0 Å². The fourth-order valence-electron chi connectivity index (χ4n) is 1.51. The van der Waals surface area contributed by atoms with Crippen LogP contribution < -0.4 is 0 Å². The van der Waals surface area contributed by atoms with Crippen LogP contribution in [0.4, 0.5) is 0 Å². The molecule has 0 fully saturated rings. The summed E-state index contributed by atoms with van der Waals surface area (Å²) in [5, 5.41) is 0. The van der Waals surface area contributed by atoms with Crippen molar-refractivity contribution in [1.29, 1.82) is 0 Å². The maximum atomic E-state index is 4.45. The van der Waals surface area contributed by atoms with Crippen molar-refractivity contribution in [3.8, 4) is 0 Å². The van der Waals surface area contributed by atoms with Crippen LogP contribution in [0.25, 0.3) is 11.0 Å². The first kappa shape index (κ1) is 10.1. The summed E-state index contributed by atoms with van der Waals surface area (Å²) in [6.07, 6.45) is 3.83. The summed E-state index contributed by atoms with van der Waals surface area (Å²) >= 11 is 0. The minimum absolute atomic E-state index is 0.133. The van der Waals surface area contributed by atoms with Gasteiger partial charge in [-0.15, -0.1) is 0 Å². The van der Waals surface area contributed by atoms with Crippen LogP contribution in [0, 0.1) is 6.92 Å². The number of hydrogen-bond donors (Lipinski definition) is 0. The Morgan fingerprint density at radius 2 is 1.53 bits per heavy atom. The first-order valence-corrected chi connectivity index (χ1v) is 5.20. The molecule has 2 nitrogen and oxygen atoms in total. The summed E-state index contributed by atoms with van der Waals surface area (Å²) in [6, 6.07) is 4.19. The summed E-state index contributed by atoms with van der Waals surface area (Å²) < 4.78 is 0. The topological polar surface area (TPSA) is 25.8 Å². The molecule has 15 heavy (non-hydrogen) atoms. The van der Waals surface area contributed by atoms with Gasteiger partial charge in [-0.25, -0.2) is 0 Å². The second-order valence-electron chi connectivity index (χ2n) is 5.02. The van der Waals surface area contributed by atoms with Crippen LogP contribution in [0.1, 0.15) is 31.9 Å². The van der Waals surface area contributed by atoms with Gasteiger partial charge >= 0.3 is 0 Å². The average molecular weight is 200 g/mol. The molecule has 0 atom stereocenters. The first-order chi connectivity index (χ1) is 6.97. The van der Waals surface area contributed by atoms with Crippen LogP contribution in [0.2, 0.25) is 0 Å². The van der Waals surface area contributed by atoms with Crippen molar-refractivity contribution in [2.75, 3.05) is 0 Å². The molecule has 0 aliphatic carbocycles. The van der Waals surface area contributed by atoms with Gasteiger partial charge in [-0.3, -0.25) is 9.97 Å². The molecule has 0 radical (unpaired) electrons. The third-order valence-corrected chi connectivity index (χ3v) is 2.54. The molecule has 78 valence electrons. The second kappa shape index (κ2) is 3.30. The predicted octanol–water partition coefficient (Wildman–Crippen LogP) is 3.24. The van der Waals surface area contributed by atoms with E-state index in [9.17, 15) is 0 Å². The van der Waals surface area contributed by atoms with Gasteiger partial charge in [0.05, 0.1) is 11.0 Å². The number of aryl methyl sites for hydroxylation is 1. The van der Waals surface area contributed by atoms with Crippen LogP contribution in [0.5, 0.6) is 0 Å². The number of rotatable bonds is 0. The van der Waals surface area contributed by atoms with E-state index in [1.54, 1.807) is 0 Å². The molecule has 0 spiro atoms. The highest BCUT2D eigenvalue weighted by atomic mass is 14.7. The Kier molecular flexibility index (Phi) is 2.22. The maximum Gasteiger partial charge on any atom is 0.0889 e. The normalized spacial score (nSPS) is 12.0. The van der Waals surface area contributed by atoms with E-state index in [-0.39, 0.29) is 5.41 Å². The molecule has 2 heterocycles. The SMILES string of the molecule is Cc1cnc2cc(C(C)(C)C)cnc2c1. The Bertz CT molecular complexity index is 495. The highest BCUT2D eigenvalue weighted by Crippen LogP contribution is 2.23. The van der Waals surface area contributed by atoms with Gasteiger partial charge in [0, 0.05) is 12.4 Å². The van der Waals surface area contributed by atoms with Crippen LogP contribution in [-0.2, 0) is 5.41 Å². The Morgan fingerprint density at radius 1 is 0.933 bits per heavy atom. The molecule has 0 saturated carbocycles. The van der Waals surface area contributed by atoms with Crippen LogP contribution in [0.15, 0.2) is 24.5 Å². The lowest BCUT2D eigenvalue weighted by Crippen LogP contribution is -2.11. The molecule has 0 aromatic carbocycles. The van der Waals surface area contributed by atoms with Gasteiger partial charge in [0.15, 0.2) is 0 Å². The largest absolute Gasteiger partial charge is 0.254 e. The minimum Gasteiger partial charge on any atom is -0.254 e. The molecule has 0 aliphatic rings. The number of pyridine rings is 2. The van der Waals surface area contributed by atoms with Crippen molar-refractivity contribution in [1.82, 2.24) is 9.97 Å². The summed E-state index contributed by atoms with van der Waals surface area (Å²) in [5.41, 5.74) is 4.47. The summed E-state index contributed by atoms with van der Waals surface area (Å²) in [4.78, 5) is 8.84. The van der Waals surface area contributed by atoms with Crippen LogP contribution in [0.3, 0.4) is 0 Å². The van der Waals surface area contributed by atoms with E-state index in [2.05, 4.69) is 42.9 Å². The molecule has 0 amide bonds. The van der Waals surface area contributed by atoms with Crippen molar-refractivity contribution in [2.45, 2.75) is 33.1 Å². The smallest absolute Gasteiger partial charge is 0.0889 e. The Balaban J connectivity index is 2.62. The first-order valence-electron chi connectivity index (χ1n) is 5.20. The molecule has 0 bridgehead atoms. The van der Waals surface area contributed by atoms with Crippen molar-refractivity contribution < 1.29 is 0 Å². The highest BCUT2D eigenvalue weighted by molar-refractivity contribution is 5.75. The monoisotopic (exact) mass is 200 g/mol. The zero-order chi connectivity index (χ0) is 11.1. The summed E-state index contributed by atoms with van der Waals surface area (Å²) in [5.74, 6) is 0. The maximum absolute atomic E-state index is 4.45. The molecule has 2 rings (SSSR count). The van der Waals surface area contributed by atoms with Crippen molar-refractivity contribution in [3.05, 3.63) is 35.7 Å². The van der Waals surface area contributed by atoms with E-state index in [1.165, 1.54) is 5.56 Å². The predicted molar refractivity (Wildman–Crippen MR) is 63.0 cm³/mol. The molecular weight excluding hydrogens is 184 g/mol. The molecule has 2 aromatic heterocycles. The lowest BCUT2D eigenvalue weighted by Gasteiger charge is -2.18. The summed E-state index contributed by atoms with van der Waals surface area (Å²) in [7, 11) is 0. The average Bonchev–Trinajstić information content (AvgIpc) is 2.15. The Hall–Kier alpha value is -1.44. The van der Waals surface area contributed by atoms with E-state index in [1.807, 2.05) is 19.3 Å². The van der Waals surface area contributed by atoms with E-state index < -0.39 is 0 Å². The highest BCUT2D eigenvalue weighted by Gasteiger charge is 2.14. The minimum atomic E-state index is 0.133. The molecule has 2 aromatic rings. The van der Waals surface area contributed by atoms with E-state index in [0.29, 0.717) is 0 Å². The molecular formula is C13H16N2. The van der Waals surface area contributed by atoms with Gasteiger partial charge in [-0.1, -0.05) is 20.8 Å². The van der Waals surface area contributed by atoms with Crippen molar-refractivity contribution in [3.63, 3.8) is 0 Å². The molecule has 2 heteroatoms. The van der Waals surface area contributed by atoms with Crippen LogP contribution in [-0.4, -0.2) is 9.97 Å². The third-order valence-electron chi connectivity index (χ3n) is 2.54. The lowest BCUT2D eigenvalue weighted by molar-refractivity contribution is 0.588. The fourth-order valence-corrected chi connectivity index (χ4v) is 1.51. The standard InChI is InChI=1S/C13H16N2/c1-9-5-11-12(14-7-9)6-10(8-15-11)13(2,3)4/h5-8H,1-4H3. The van der Waals surface area contributed by atoms with Gasteiger partial charge in [0.1, 0.15) is 0 Å². The Morgan fingerprint density at radius 3 is 2.20 bits per heavy atom. The Labute approximate surface area is 90.4 Å². The molecule has 0 saturated heterocycles. The van der Waals surface area contributed by atoms with E-state index in [4.69, 9.17) is 0 Å². The molecule has 0 aliphatic heterocycles. The van der Waals surface area contributed by atoms with Gasteiger partial charge in [-0.05, 0) is 35.6 Å². The number of hydrogen-bond acceptors (Lipinski definition) is 2. The van der Waals surface area contributed by atoms with Gasteiger partial charge in [-0.2, -0.15) is 0 Å². The lowest BCUT2D eigenvalue weighted by atomic mass is 9.88. The zero-order valence-electron chi connectivity index (χ0n) is 9.70. The quantitative estimate of drug-likeness (QED) is 0.652. The van der Waals surface area contributed by atoms with Crippen LogP contribution >= 0.6 is 0 Å². The fraction of sp³-hybridized carbons (Fsp3) is 0.385. The molecule has 0 unspecified atom stereocenters. The van der Waals surface area contributed by atoms with Crippen molar-refractivity contribution >= 4 is 11.0 Å². The molecule has 0 N–H and O–H groups in total. The van der Waals surface area contributed by atoms with Crippen molar-refractivity contribution in [2.24, 2.45) is 0 Å².